The van der Waals surface area contributed by atoms with Gasteiger partial charge in [-0.25, -0.2) is 9.89 Å². The summed E-state index contributed by atoms with van der Waals surface area (Å²) in [5.41, 5.74) is 8.40. The Morgan fingerprint density at radius 2 is 1.82 bits per heavy atom. The standard InChI is InChI=1S/C30H33N7O/c1-5-8-24-19-37(28-22(6-2)9-7-10-25(28)20(3)4)30(38)36(24)18-21-11-13-23(14-12-21)26-15-16-31-17-27(26)29-32-34-35-33-29/h7,9-17,19-20H,5-6,8,18H2,1-4H3,(H,32,33,34,35). The van der Waals surface area contributed by atoms with Gasteiger partial charge in [0.1, 0.15) is 0 Å². The van der Waals surface area contributed by atoms with Gasteiger partial charge in [-0.1, -0.05) is 76.6 Å². The Hall–Kier alpha value is -4.33. The highest BCUT2D eigenvalue weighted by atomic mass is 16.1. The van der Waals surface area contributed by atoms with Crippen LogP contribution in [0.15, 0.2) is 71.9 Å². The molecule has 38 heavy (non-hydrogen) atoms. The highest BCUT2D eigenvalue weighted by molar-refractivity contribution is 5.79. The number of para-hydroxylation sites is 1. The molecule has 0 atom stereocenters. The van der Waals surface area contributed by atoms with Crippen molar-refractivity contribution in [2.24, 2.45) is 0 Å². The zero-order valence-corrected chi connectivity index (χ0v) is 22.3. The summed E-state index contributed by atoms with van der Waals surface area (Å²) in [6.07, 6.45) is 8.25. The first-order chi connectivity index (χ1) is 18.5. The van der Waals surface area contributed by atoms with Gasteiger partial charge in [-0.3, -0.25) is 14.1 Å². The molecule has 0 spiro atoms. The molecule has 1 N–H and O–H groups in total. The minimum Gasteiger partial charge on any atom is -0.292 e. The van der Waals surface area contributed by atoms with Gasteiger partial charge in [0, 0.05) is 29.8 Å². The van der Waals surface area contributed by atoms with Gasteiger partial charge in [0.05, 0.1) is 12.2 Å². The van der Waals surface area contributed by atoms with Crippen LogP contribution >= 0.6 is 0 Å². The summed E-state index contributed by atoms with van der Waals surface area (Å²) in [7, 11) is 0. The molecule has 0 saturated carbocycles. The molecule has 0 amide bonds. The van der Waals surface area contributed by atoms with E-state index >= 15 is 0 Å². The van der Waals surface area contributed by atoms with Crippen molar-refractivity contribution in [2.75, 3.05) is 0 Å². The Morgan fingerprint density at radius 3 is 2.50 bits per heavy atom. The predicted octanol–water partition coefficient (Wildman–Crippen LogP) is 5.57. The Kier molecular flexibility index (Phi) is 7.31. The molecule has 8 heteroatoms. The van der Waals surface area contributed by atoms with Crippen molar-refractivity contribution in [2.45, 2.75) is 59.4 Å². The summed E-state index contributed by atoms with van der Waals surface area (Å²) in [6.45, 7) is 9.18. The summed E-state index contributed by atoms with van der Waals surface area (Å²) in [4.78, 5) is 18.1. The van der Waals surface area contributed by atoms with Crippen LogP contribution in [-0.4, -0.2) is 34.7 Å². The minimum absolute atomic E-state index is 0.00886. The molecule has 194 valence electrons. The Balaban J connectivity index is 1.52. The predicted molar refractivity (Wildman–Crippen MR) is 149 cm³/mol. The van der Waals surface area contributed by atoms with Gasteiger partial charge in [0.25, 0.3) is 0 Å². The lowest BCUT2D eigenvalue weighted by Crippen LogP contribution is -2.26. The molecule has 0 unspecified atom stereocenters. The number of nitrogens with zero attached hydrogens (tertiary/aromatic N) is 6. The van der Waals surface area contributed by atoms with Crippen molar-refractivity contribution in [3.05, 3.63) is 100.0 Å². The number of hydrogen-bond acceptors (Lipinski definition) is 5. The number of hydrogen-bond donors (Lipinski definition) is 1. The molecule has 0 saturated heterocycles. The molecule has 3 heterocycles. The van der Waals surface area contributed by atoms with E-state index in [9.17, 15) is 4.79 Å². The summed E-state index contributed by atoms with van der Waals surface area (Å²) >= 11 is 0. The summed E-state index contributed by atoms with van der Waals surface area (Å²) < 4.78 is 3.80. The number of aromatic amines is 1. The lowest BCUT2D eigenvalue weighted by Gasteiger charge is -2.16. The quantitative estimate of drug-likeness (QED) is 0.282. The first-order valence-electron chi connectivity index (χ1n) is 13.2. The van der Waals surface area contributed by atoms with Gasteiger partial charge in [0.15, 0.2) is 5.82 Å². The smallest absolute Gasteiger partial charge is 0.292 e. The van der Waals surface area contributed by atoms with E-state index < -0.39 is 0 Å². The molecule has 0 aliphatic carbocycles. The van der Waals surface area contributed by atoms with E-state index in [0.29, 0.717) is 18.3 Å². The number of imidazole rings is 1. The maximum absolute atomic E-state index is 13.9. The number of rotatable bonds is 9. The van der Waals surface area contributed by atoms with Crippen molar-refractivity contribution in [3.8, 4) is 28.2 Å². The fourth-order valence-corrected chi connectivity index (χ4v) is 5.05. The number of benzene rings is 2. The van der Waals surface area contributed by atoms with Gasteiger partial charge in [0.2, 0.25) is 0 Å². The van der Waals surface area contributed by atoms with Crippen LogP contribution in [0.1, 0.15) is 62.4 Å². The number of tetrazole rings is 1. The Bertz CT molecular complexity index is 1580. The van der Waals surface area contributed by atoms with Gasteiger partial charge >= 0.3 is 5.69 Å². The van der Waals surface area contributed by atoms with Crippen LogP contribution in [0, 0.1) is 0 Å². The second kappa shape index (κ2) is 11.0. The van der Waals surface area contributed by atoms with Crippen LogP contribution < -0.4 is 5.69 Å². The van der Waals surface area contributed by atoms with Crippen molar-refractivity contribution in [1.82, 2.24) is 34.7 Å². The normalized spacial score (nSPS) is 11.4. The molecule has 0 aliphatic heterocycles. The largest absolute Gasteiger partial charge is 0.333 e. The van der Waals surface area contributed by atoms with Crippen molar-refractivity contribution < 1.29 is 0 Å². The first kappa shape index (κ1) is 25.3. The van der Waals surface area contributed by atoms with Crippen LogP contribution in [-0.2, 0) is 19.4 Å². The number of nitrogens with one attached hydrogen (secondary N) is 1. The maximum atomic E-state index is 13.9. The van der Waals surface area contributed by atoms with Crippen molar-refractivity contribution in [3.63, 3.8) is 0 Å². The molecule has 3 aromatic heterocycles. The summed E-state index contributed by atoms with van der Waals surface area (Å²) in [5, 5.41) is 14.2. The monoisotopic (exact) mass is 507 g/mol. The van der Waals surface area contributed by atoms with E-state index in [4.69, 9.17) is 0 Å². The SMILES string of the molecule is CCCc1cn(-c2c(CC)cccc2C(C)C)c(=O)n1Cc1ccc(-c2ccncc2-c2nnn[nH]2)cc1. The van der Waals surface area contributed by atoms with Gasteiger partial charge in [-0.2, -0.15) is 0 Å². The lowest BCUT2D eigenvalue weighted by atomic mass is 9.96. The van der Waals surface area contributed by atoms with E-state index in [-0.39, 0.29) is 5.69 Å². The van der Waals surface area contributed by atoms with Crippen molar-refractivity contribution in [1.29, 1.82) is 0 Å². The van der Waals surface area contributed by atoms with Crippen molar-refractivity contribution >= 4 is 0 Å². The lowest BCUT2D eigenvalue weighted by molar-refractivity contribution is 0.689. The highest BCUT2D eigenvalue weighted by Crippen LogP contribution is 2.30. The maximum Gasteiger partial charge on any atom is 0.333 e. The van der Waals surface area contributed by atoms with E-state index in [1.807, 2.05) is 15.2 Å². The molecular weight excluding hydrogens is 474 g/mol. The molecule has 0 aliphatic rings. The average Bonchev–Trinajstić information content (AvgIpc) is 3.58. The molecule has 8 nitrogen and oxygen atoms in total. The zero-order chi connectivity index (χ0) is 26.6. The van der Waals surface area contributed by atoms with Gasteiger partial charge < -0.3 is 0 Å². The topological polar surface area (TPSA) is 94.3 Å². The third kappa shape index (κ3) is 4.81. The molecule has 0 fully saturated rings. The third-order valence-corrected chi connectivity index (χ3v) is 6.99. The van der Waals surface area contributed by atoms with Gasteiger partial charge in [-0.05, 0) is 63.1 Å². The first-order valence-corrected chi connectivity index (χ1v) is 13.2. The minimum atomic E-state index is 0.00886. The van der Waals surface area contributed by atoms with E-state index in [2.05, 4.69) is 102 Å². The van der Waals surface area contributed by atoms with Crippen LogP contribution in [0.3, 0.4) is 0 Å². The third-order valence-electron chi connectivity index (χ3n) is 6.99. The molecule has 2 aromatic carbocycles. The molecule has 5 aromatic rings. The van der Waals surface area contributed by atoms with E-state index in [0.717, 1.165) is 52.9 Å². The van der Waals surface area contributed by atoms with Gasteiger partial charge in [-0.15, -0.1) is 5.10 Å². The van der Waals surface area contributed by atoms with E-state index in [1.54, 1.807) is 12.4 Å². The van der Waals surface area contributed by atoms with Crippen LogP contribution in [0.25, 0.3) is 28.2 Å². The Labute approximate surface area is 222 Å². The second-order valence-electron chi connectivity index (χ2n) is 9.84. The number of aromatic nitrogens is 7. The highest BCUT2D eigenvalue weighted by Gasteiger charge is 2.19. The Morgan fingerprint density at radius 1 is 1.00 bits per heavy atom. The number of pyridine rings is 1. The molecule has 5 rings (SSSR count). The fourth-order valence-electron chi connectivity index (χ4n) is 5.05. The second-order valence-corrected chi connectivity index (χ2v) is 9.84. The summed E-state index contributed by atoms with van der Waals surface area (Å²) in [5.74, 6) is 0.891. The number of H-pyrrole nitrogens is 1. The molecule has 0 radical (unpaired) electrons. The average molecular weight is 508 g/mol. The fraction of sp³-hybridized carbons (Fsp3) is 0.300. The van der Waals surface area contributed by atoms with Crippen LogP contribution in [0.2, 0.25) is 0 Å². The number of aryl methyl sites for hydroxylation is 2. The zero-order valence-electron chi connectivity index (χ0n) is 22.3. The van der Waals surface area contributed by atoms with Crippen LogP contribution in [0.5, 0.6) is 0 Å². The molecule has 0 bridgehead atoms. The molecular formula is C30H33N7O. The van der Waals surface area contributed by atoms with E-state index in [1.165, 1.54) is 11.1 Å². The van der Waals surface area contributed by atoms with Crippen LogP contribution in [0.4, 0.5) is 0 Å². The summed E-state index contributed by atoms with van der Waals surface area (Å²) in [6, 6.07) is 16.6.